The van der Waals surface area contributed by atoms with Crippen LogP contribution in [0, 0.1) is 5.92 Å². The quantitative estimate of drug-likeness (QED) is 0.896. The van der Waals surface area contributed by atoms with E-state index in [2.05, 4.69) is 37.1 Å². The van der Waals surface area contributed by atoms with Gasteiger partial charge in [0.1, 0.15) is 0 Å². The van der Waals surface area contributed by atoms with E-state index in [0.717, 1.165) is 31.1 Å². The molecule has 0 aliphatic carbocycles. The van der Waals surface area contributed by atoms with Crippen molar-refractivity contribution in [1.82, 2.24) is 5.32 Å². The molecule has 1 saturated heterocycles. The highest BCUT2D eigenvalue weighted by Gasteiger charge is 2.25. The summed E-state index contributed by atoms with van der Waals surface area (Å²) in [4.78, 5) is 2.35. The highest BCUT2D eigenvalue weighted by molar-refractivity contribution is 6.30. The molecule has 1 aliphatic heterocycles. The molecule has 2 rings (SSSR count). The minimum Gasteiger partial charge on any atom is -0.393 e. The standard InChI is InChI=1S/C16H25ClN2O/c1-11(2)18-9-13-4-5-14(17)8-15(13)19-7-6-16(20)12(3)10-19/h4-5,8,11-12,16,18,20H,6-7,9-10H2,1-3H3. The molecule has 2 unspecified atom stereocenters. The zero-order valence-electron chi connectivity index (χ0n) is 12.6. The monoisotopic (exact) mass is 296 g/mol. The molecule has 0 amide bonds. The number of piperidine rings is 1. The van der Waals surface area contributed by atoms with Crippen LogP contribution in [0.1, 0.15) is 32.8 Å². The van der Waals surface area contributed by atoms with E-state index in [-0.39, 0.29) is 6.10 Å². The minimum atomic E-state index is -0.178. The van der Waals surface area contributed by atoms with Crippen LogP contribution in [0.3, 0.4) is 0 Å². The van der Waals surface area contributed by atoms with Crippen molar-refractivity contribution in [1.29, 1.82) is 0 Å². The summed E-state index contributed by atoms with van der Waals surface area (Å²) in [7, 11) is 0. The summed E-state index contributed by atoms with van der Waals surface area (Å²) in [6, 6.07) is 6.55. The largest absolute Gasteiger partial charge is 0.393 e. The molecule has 1 aromatic rings. The van der Waals surface area contributed by atoms with Crippen molar-refractivity contribution < 1.29 is 5.11 Å². The van der Waals surface area contributed by atoms with Crippen molar-refractivity contribution in [3.63, 3.8) is 0 Å². The third-order valence-corrected chi connectivity index (χ3v) is 4.18. The van der Waals surface area contributed by atoms with Gasteiger partial charge in [0.05, 0.1) is 6.10 Å². The maximum atomic E-state index is 9.88. The first-order valence-corrected chi connectivity index (χ1v) is 7.80. The van der Waals surface area contributed by atoms with Gasteiger partial charge in [-0.2, -0.15) is 0 Å². The van der Waals surface area contributed by atoms with Crippen LogP contribution in [0.25, 0.3) is 0 Å². The van der Waals surface area contributed by atoms with Crippen LogP contribution < -0.4 is 10.2 Å². The summed E-state index contributed by atoms with van der Waals surface area (Å²) in [6.45, 7) is 9.02. The Kier molecular flexibility index (Phi) is 5.30. The number of benzene rings is 1. The highest BCUT2D eigenvalue weighted by Crippen LogP contribution is 2.29. The third kappa shape index (κ3) is 3.87. The number of hydrogen-bond acceptors (Lipinski definition) is 3. The molecular formula is C16H25ClN2O. The molecule has 0 saturated carbocycles. The highest BCUT2D eigenvalue weighted by atomic mass is 35.5. The van der Waals surface area contributed by atoms with Gasteiger partial charge in [0.2, 0.25) is 0 Å². The average molecular weight is 297 g/mol. The number of anilines is 1. The van der Waals surface area contributed by atoms with Crippen molar-refractivity contribution in [3.8, 4) is 0 Å². The number of nitrogens with zero attached hydrogens (tertiary/aromatic N) is 1. The number of rotatable bonds is 4. The molecule has 3 nitrogen and oxygen atoms in total. The normalized spacial score (nSPS) is 23.4. The molecule has 2 N–H and O–H groups in total. The van der Waals surface area contributed by atoms with E-state index in [1.165, 1.54) is 11.3 Å². The molecular weight excluding hydrogens is 272 g/mol. The van der Waals surface area contributed by atoms with Crippen LogP contribution in [0.15, 0.2) is 18.2 Å². The Hall–Kier alpha value is -0.770. The Balaban J connectivity index is 2.18. The SMILES string of the molecule is CC(C)NCc1ccc(Cl)cc1N1CCC(O)C(C)C1. The fourth-order valence-corrected chi connectivity index (χ4v) is 2.81. The fourth-order valence-electron chi connectivity index (χ4n) is 2.65. The molecule has 1 fully saturated rings. The van der Waals surface area contributed by atoms with Gasteiger partial charge in [-0.15, -0.1) is 0 Å². The number of nitrogens with one attached hydrogen (secondary N) is 1. The maximum Gasteiger partial charge on any atom is 0.0599 e. The summed E-state index contributed by atoms with van der Waals surface area (Å²) >= 11 is 6.17. The molecule has 2 atom stereocenters. The van der Waals surface area contributed by atoms with Crippen molar-refractivity contribution in [2.45, 2.75) is 45.9 Å². The summed E-state index contributed by atoms with van der Waals surface area (Å²) in [5, 5.41) is 14.1. The maximum absolute atomic E-state index is 9.88. The van der Waals surface area contributed by atoms with E-state index in [9.17, 15) is 5.11 Å². The second-order valence-corrected chi connectivity index (χ2v) is 6.52. The van der Waals surface area contributed by atoms with Gasteiger partial charge in [-0.1, -0.05) is 38.4 Å². The lowest BCUT2D eigenvalue weighted by molar-refractivity contribution is 0.0970. The van der Waals surface area contributed by atoms with E-state index in [0.29, 0.717) is 12.0 Å². The van der Waals surface area contributed by atoms with Gasteiger partial charge in [0.15, 0.2) is 0 Å². The van der Waals surface area contributed by atoms with E-state index in [4.69, 9.17) is 11.6 Å². The number of aliphatic hydroxyl groups is 1. The number of aliphatic hydroxyl groups excluding tert-OH is 1. The zero-order chi connectivity index (χ0) is 14.7. The molecule has 1 aromatic carbocycles. The number of halogens is 1. The van der Waals surface area contributed by atoms with Gasteiger partial charge in [0.25, 0.3) is 0 Å². The lowest BCUT2D eigenvalue weighted by Crippen LogP contribution is -2.42. The van der Waals surface area contributed by atoms with Crippen LogP contribution in [0.2, 0.25) is 5.02 Å². The Morgan fingerprint density at radius 3 is 2.85 bits per heavy atom. The Morgan fingerprint density at radius 2 is 2.20 bits per heavy atom. The van der Waals surface area contributed by atoms with Crippen LogP contribution in [-0.2, 0) is 6.54 Å². The summed E-state index contributed by atoms with van der Waals surface area (Å²) in [5.74, 6) is 0.300. The van der Waals surface area contributed by atoms with E-state index in [1.54, 1.807) is 0 Å². The van der Waals surface area contributed by atoms with Gasteiger partial charge < -0.3 is 15.3 Å². The summed E-state index contributed by atoms with van der Waals surface area (Å²) in [5.41, 5.74) is 2.47. The predicted octanol–water partition coefficient (Wildman–Crippen LogP) is 3.05. The molecule has 0 bridgehead atoms. The molecule has 0 spiro atoms. The van der Waals surface area contributed by atoms with Gasteiger partial charge in [-0.3, -0.25) is 0 Å². The Labute approximate surface area is 126 Å². The molecule has 0 radical (unpaired) electrons. The molecule has 0 aromatic heterocycles. The van der Waals surface area contributed by atoms with Gasteiger partial charge >= 0.3 is 0 Å². The third-order valence-electron chi connectivity index (χ3n) is 3.95. The van der Waals surface area contributed by atoms with Crippen LogP contribution in [0.4, 0.5) is 5.69 Å². The van der Waals surface area contributed by atoms with Crippen molar-refractivity contribution in [3.05, 3.63) is 28.8 Å². The van der Waals surface area contributed by atoms with Gasteiger partial charge in [0, 0.05) is 36.4 Å². The van der Waals surface area contributed by atoms with Gasteiger partial charge in [-0.05, 0) is 30.0 Å². The Morgan fingerprint density at radius 1 is 1.45 bits per heavy atom. The second kappa shape index (κ2) is 6.79. The molecule has 4 heteroatoms. The second-order valence-electron chi connectivity index (χ2n) is 6.09. The van der Waals surface area contributed by atoms with Crippen molar-refractivity contribution >= 4 is 17.3 Å². The lowest BCUT2D eigenvalue weighted by Gasteiger charge is -2.37. The molecule has 20 heavy (non-hydrogen) atoms. The Bertz CT molecular complexity index is 450. The van der Waals surface area contributed by atoms with Crippen LogP contribution in [-0.4, -0.2) is 30.3 Å². The van der Waals surface area contributed by atoms with E-state index >= 15 is 0 Å². The lowest BCUT2D eigenvalue weighted by atomic mass is 9.95. The van der Waals surface area contributed by atoms with Crippen LogP contribution >= 0.6 is 11.6 Å². The van der Waals surface area contributed by atoms with E-state index < -0.39 is 0 Å². The summed E-state index contributed by atoms with van der Waals surface area (Å²) in [6.07, 6.45) is 0.646. The minimum absolute atomic E-state index is 0.178. The molecule has 1 aliphatic rings. The van der Waals surface area contributed by atoms with Crippen molar-refractivity contribution in [2.75, 3.05) is 18.0 Å². The first kappa shape index (κ1) is 15.6. The van der Waals surface area contributed by atoms with Crippen LogP contribution in [0.5, 0.6) is 0 Å². The smallest absolute Gasteiger partial charge is 0.0599 e. The topological polar surface area (TPSA) is 35.5 Å². The fraction of sp³-hybridized carbons (Fsp3) is 0.625. The zero-order valence-corrected chi connectivity index (χ0v) is 13.3. The summed E-state index contributed by atoms with van der Waals surface area (Å²) < 4.78 is 0. The molecule has 1 heterocycles. The van der Waals surface area contributed by atoms with Gasteiger partial charge in [-0.25, -0.2) is 0 Å². The van der Waals surface area contributed by atoms with E-state index in [1.807, 2.05) is 12.1 Å². The first-order chi connectivity index (χ1) is 9.47. The predicted molar refractivity (Wildman–Crippen MR) is 85.4 cm³/mol. The first-order valence-electron chi connectivity index (χ1n) is 7.42. The number of hydrogen-bond donors (Lipinski definition) is 2. The molecule has 112 valence electrons. The van der Waals surface area contributed by atoms with Crippen molar-refractivity contribution in [2.24, 2.45) is 5.92 Å². The average Bonchev–Trinajstić information content (AvgIpc) is 2.40.